The maximum atomic E-state index is 4.76. The average molecular weight is 351 g/mol. The Bertz CT molecular complexity index is 915. The summed E-state index contributed by atoms with van der Waals surface area (Å²) in [6.07, 6.45) is 10.9. The molecule has 0 amide bonds. The van der Waals surface area contributed by atoms with Crippen molar-refractivity contribution >= 4 is 34.4 Å². The molecule has 0 bridgehead atoms. The van der Waals surface area contributed by atoms with E-state index in [2.05, 4.69) is 79.9 Å². The van der Waals surface area contributed by atoms with Gasteiger partial charge in [0.15, 0.2) is 0 Å². The standard InChI is InChI=1S/C21H24N3S/c1-21(2)15-9-5-6-10-16(15)23(3)19(21)13-14-22-20-24(4)17-11-7-8-12-18(17)25-20/h5-7,9-11,13-14H,8,12H2,1-4H3/q+1. The number of rotatable bonds is 2. The van der Waals surface area contributed by atoms with Gasteiger partial charge in [0.1, 0.15) is 11.9 Å². The number of nitrogens with zero attached hydrogens (tertiary/aromatic N) is 3. The third-order valence-corrected chi connectivity index (χ3v) is 6.54. The summed E-state index contributed by atoms with van der Waals surface area (Å²) in [4.78, 5) is 8.48. The number of benzene rings is 1. The highest BCUT2D eigenvalue weighted by molar-refractivity contribution is 7.15. The van der Waals surface area contributed by atoms with Crippen molar-refractivity contribution < 1.29 is 4.57 Å². The fourth-order valence-corrected chi connectivity index (χ4v) is 5.00. The molecule has 0 unspecified atom stereocenters. The topological polar surface area (TPSA) is 19.5 Å². The molecule has 4 rings (SSSR count). The summed E-state index contributed by atoms with van der Waals surface area (Å²) < 4.78 is 2.20. The maximum Gasteiger partial charge on any atom is 0.382 e. The monoisotopic (exact) mass is 350 g/mol. The van der Waals surface area contributed by atoms with Crippen LogP contribution in [0, 0.1) is 0 Å². The number of para-hydroxylation sites is 1. The average Bonchev–Trinajstić information content (AvgIpc) is 3.03. The minimum absolute atomic E-state index is 0.00300. The lowest BCUT2D eigenvalue weighted by Crippen LogP contribution is -2.29. The Kier molecular flexibility index (Phi) is 3.88. The smallest absolute Gasteiger partial charge is 0.347 e. The summed E-state index contributed by atoms with van der Waals surface area (Å²) in [7, 11) is 4.24. The van der Waals surface area contributed by atoms with Gasteiger partial charge in [-0.15, -0.1) is 0 Å². The van der Waals surface area contributed by atoms with Gasteiger partial charge >= 0.3 is 5.13 Å². The zero-order chi connectivity index (χ0) is 17.6. The molecular formula is C21H24N3S+. The van der Waals surface area contributed by atoms with Gasteiger partial charge in [0, 0.05) is 29.9 Å². The fraction of sp³-hybridized carbons (Fsp3) is 0.333. The molecule has 0 fully saturated rings. The molecule has 1 aromatic heterocycles. The normalized spacial score (nSPS) is 19.7. The van der Waals surface area contributed by atoms with E-state index in [1.807, 2.05) is 6.21 Å². The van der Waals surface area contributed by atoms with E-state index >= 15 is 0 Å². The van der Waals surface area contributed by atoms with Crippen molar-refractivity contribution in [1.29, 1.82) is 0 Å². The second kappa shape index (κ2) is 5.95. The molecule has 1 aliphatic carbocycles. The predicted octanol–water partition coefficient (Wildman–Crippen LogP) is 4.55. The van der Waals surface area contributed by atoms with Gasteiger partial charge in [-0.05, 0) is 46.9 Å². The number of hydrogen-bond donors (Lipinski definition) is 0. The largest absolute Gasteiger partial charge is 0.382 e. The molecule has 0 saturated carbocycles. The quantitative estimate of drug-likeness (QED) is 0.575. The van der Waals surface area contributed by atoms with Gasteiger partial charge in [-0.2, -0.15) is 0 Å². The van der Waals surface area contributed by atoms with Crippen LogP contribution >= 0.6 is 11.3 Å². The lowest BCUT2D eigenvalue weighted by Gasteiger charge is -2.23. The molecule has 0 saturated heterocycles. The molecule has 0 N–H and O–H groups in total. The van der Waals surface area contributed by atoms with Crippen LogP contribution in [0.4, 0.5) is 10.8 Å². The molecular weight excluding hydrogens is 326 g/mol. The summed E-state index contributed by atoms with van der Waals surface area (Å²) in [5, 5.41) is 1.06. The Morgan fingerprint density at radius 1 is 1.28 bits per heavy atom. The fourth-order valence-electron chi connectivity index (χ4n) is 3.90. The lowest BCUT2D eigenvalue weighted by atomic mass is 9.84. The van der Waals surface area contributed by atoms with E-state index in [-0.39, 0.29) is 5.41 Å². The Labute approximate surface area is 153 Å². The van der Waals surface area contributed by atoms with Crippen LogP contribution in [0.5, 0.6) is 0 Å². The van der Waals surface area contributed by atoms with Crippen molar-refractivity contribution in [3.63, 3.8) is 0 Å². The minimum atomic E-state index is -0.00300. The van der Waals surface area contributed by atoms with Crippen LogP contribution in [0.25, 0.3) is 6.08 Å². The number of likely N-dealkylation sites (N-methyl/N-ethyl adjacent to an activating group) is 1. The number of hydrogen-bond acceptors (Lipinski definition) is 3. The number of aryl methyl sites for hydroxylation is 1. The van der Waals surface area contributed by atoms with Crippen LogP contribution in [-0.4, -0.2) is 13.3 Å². The Morgan fingerprint density at radius 3 is 2.84 bits per heavy atom. The second-order valence-corrected chi connectivity index (χ2v) is 8.29. The molecule has 0 atom stereocenters. The summed E-state index contributed by atoms with van der Waals surface area (Å²) in [5.74, 6) is 0. The van der Waals surface area contributed by atoms with Crippen LogP contribution in [-0.2, 0) is 18.9 Å². The number of aliphatic imine (C=N–C) groups is 1. The third-order valence-electron chi connectivity index (χ3n) is 5.32. The number of aromatic nitrogens is 1. The van der Waals surface area contributed by atoms with E-state index in [0.717, 1.165) is 18.0 Å². The third kappa shape index (κ3) is 2.56. The lowest BCUT2D eigenvalue weighted by molar-refractivity contribution is -0.656. The molecule has 4 heteroatoms. The Balaban J connectivity index is 1.66. The van der Waals surface area contributed by atoms with Crippen molar-refractivity contribution in [1.82, 2.24) is 0 Å². The zero-order valence-corrected chi connectivity index (χ0v) is 16.1. The summed E-state index contributed by atoms with van der Waals surface area (Å²) in [5.41, 5.74) is 5.24. The highest BCUT2D eigenvalue weighted by Gasteiger charge is 2.37. The molecule has 2 heterocycles. The summed E-state index contributed by atoms with van der Waals surface area (Å²) in [6.45, 7) is 4.56. The first-order valence-electron chi connectivity index (χ1n) is 8.76. The Morgan fingerprint density at radius 2 is 2.08 bits per heavy atom. The number of anilines is 1. The number of fused-ring (bicyclic) bond motifs is 2. The van der Waals surface area contributed by atoms with E-state index in [1.54, 1.807) is 11.3 Å². The molecule has 128 valence electrons. The van der Waals surface area contributed by atoms with E-state index < -0.39 is 0 Å². The van der Waals surface area contributed by atoms with Gasteiger partial charge in [0.25, 0.3) is 0 Å². The minimum Gasteiger partial charge on any atom is -0.347 e. The van der Waals surface area contributed by atoms with Crippen molar-refractivity contribution in [3.8, 4) is 0 Å². The molecule has 1 aliphatic heterocycles. The summed E-state index contributed by atoms with van der Waals surface area (Å²) >= 11 is 1.80. The predicted molar refractivity (Wildman–Crippen MR) is 107 cm³/mol. The van der Waals surface area contributed by atoms with Crippen molar-refractivity contribution in [3.05, 3.63) is 58.2 Å². The Hall–Kier alpha value is -2.20. The first-order valence-corrected chi connectivity index (χ1v) is 9.58. The van der Waals surface area contributed by atoms with Crippen LogP contribution < -0.4 is 9.47 Å². The van der Waals surface area contributed by atoms with Crippen molar-refractivity contribution in [2.24, 2.45) is 12.0 Å². The van der Waals surface area contributed by atoms with Gasteiger partial charge < -0.3 is 4.90 Å². The van der Waals surface area contributed by atoms with E-state index in [1.165, 1.54) is 27.5 Å². The highest BCUT2D eigenvalue weighted by atomic mass is 32.1. The van der Waals surface area contributed by atoms with E-state index in [0.29, 0.717) is 0 Å². The summed E-state index contributed by atoms with van der Waals surface area (Å²) in [6, 6.07) is 8.64. The van der Waals surface area contributed by atoms with Gasteiger partial charge in [-0.1, -0.05) is 38.1 Å². The van der Waals surface area contributed by atoms with Gasteiger partial charge in [-0.3, -0.25) is 0 Å². The van der Waals surface area contributed by atoms with E-state index in [9.17, 15) is 0 Å². The molecule has 2 aliphatic rings. The highest BCUT2D eigenvalue weighted by Crippen LogP contribution is 2.46. The number of allylic oxidation sites excluding steroid dienone is 3. The van der Waals surface area contributed by atoms with Crippen molar-refractivity contribution in [2.45, 2.75) is 32.1 Å². The number of thiazole rings is 1. The molecule has 0 spiro atoms. The van der Waals surface area contributed by atoms with Crippen LogP contribution in [0.15, 0.2) is 47.1 Å². The molecule has 25 heavy (non-hydrogen) atoms. The van der Waals surface area contributed by atoms with Gasteiger partial charge in [-0.25, -0.2) is 4.57 Å². The molecule has 0 radical (unpaired) electrons. The SMILES string of the molecule is CN1C(=CC=Nc2sc3c([n+]2C)C=CCC3)C(C)(C)c2ccccc21. The van der Waals surface area contributed by atoms with Crippen LogP contribution in [0.1, 0.15) is 36.4 Å². The molecule has 2 aromatic rings. The first kappa shape index (κ1) is 16.3. The van der Waals surface area contributed by atoms with Gasteiger partial charge in [0.2, 0.25) is 0 Å². The van der Waals surface area contributed by atoms with Gasteiger partial charge in [0.05, 0.1) is 11.9 Å². The first-order chi connectivity index (χ1) is 12.0. The molecule has 3 nitrogen and oxygen atoms in total. The van der Waals surface area contributed by atoms with Crippen LogP contribution in [0.2, 0.25) is 0 Å². The van der Waals surface area contributed by atoms with Crippen LogP contribution in [0.3, 0.4) is 0 Å². The van der Waals surface area contributed by atoms with Crippen molar-refractivity contribution in [2.75, 3.05) is 11.9 Å². The molecule has 1 aromatic carbocycles. The second-order valence-electron chi connectivity index (χ2n) is 7.22. The van der Waals surface area contributed by atoms with E-state index in [4.69, 9.17) is 4.99 Å². The maximum absolute atomic E-state index is 4.76. The zero-order valence-electron chi connectivity index (χ0n) is 15.3.